The highest BCUT2D eigenvalue weighted by atomic mass is 32.1. The predicted molar refractivity (Wildman–Crippen MR) is 67.3 cm³/mol. The lowest BCUT2D eigenvalue weighted by atomic mass is 10.3. The second-order valence-corrected chi connectivity index (χ2v) is 4.42. The van der Waals surface area contributed by atoms with Crippen molar-refractivity contribution in [3.8, 4) is 10.6 Å². The summed E-state index contributed by atoms with van der Waals surface area (Å²) in [5.41, 5.74) is 2.20. The van der Waals surface area contributed by atoms with Crippen molar-refractivity contribution < 1.29 is 0 Å². The maximum Gasteiger partial charge on any atom is 0.125 e. The summed E-state index contributed by atoms with van der Waals surface area (Å²) in [5, 5.41) is 6.49. The third kappa shape index (κ3) is 2.87. The Morgan fingerprint density at radius 1 is 1.44 bits per heavy atom. The van der Waals surface area contributed by atoms with Gasteiger partial charge in [-0.2, -0.15) is 0 Å². The van der Waals surface area contributed by atoms with Gasteiger partial charge in [-0.15, -0.1) is 11.3 Å². The van der Waals surface area contributed by atoms with E-state index in [-0.39, 0.29) is 0 Å². The minimum atomic E-state index is 0.852. The fourth-order valence-corrected chi connectivity index (χ4v) is 2.21. The predicted octanol–water partition coefficient (Wildman–Crippen LogP) is 2.70. The van der Waals surface area contributed by atoms with E-state index in [1.165, 1.54) is 0 Å². The van der Waals surface area contributed by atoms with E-state index in [0.29, 0.717) is 0 Å². The molecular weight excluding hydrogens is 218 g/mol. The first-order valence-corrected chi connectivity index (χ1v) is 6.33. The van der Waals surface area contributed by atoms with Gasteiger partial charge in [0.05, 0.1) is 5.69 Å². The van der Waals surface area contributed by atoms with Crippen LogP contribution in [0, 0.1) is 0 Å². The Morgan fingerprint density at radius 3 is 3.12 bits per heavy atom. The van der Waals surface area contributed by atoms with Crippen LogP contribution in [0.3, 0.4) is 0 Å². The van der Waals surface area contributed by atoms with Crippen molar-refractivity contribution >= 4 is 11.3 Å². The Hall–Kier alpha value is -1.26. The molecule has 2 aromatic heterocycles. The Bertz CT molecular complexity index is 425. The SMILES string of the molecule is CCCNCc1csc(-c2cccnc2)n1. The molecule has 0 spiro atoms. The molecule has 16 heavy (non-hydrogen) atoms. The molecule has 2 rings (SSSR count). The van der Waals surface area contributed by atoms with Gasteiger partial charge in [-0.05, 0) is 25.1 Å². The van der Waals surface area contributed by atoms with Gasteiger partial charge in [0.25, 0.3) is 0 Å². The molecule has 0 aliphatic rings. The molecule has 2 heterocycles. The van der Waals surface area contributed by atoms with Gasteiger partial charge in [0, 0.05) is 29.9 Å². The zero-order valence-corrected chi connectivity index (χ0v) is 10.1. The van der Waals surface area contributed by atoms with Crippen molar-refractivity contribution in [2.24, 2.45) is 0 Å². The van der Waals surface area contributed by atoms with E-state index in [1.54, 1.807) is 17.5 Å². The van der Waals surface area contributed by atoms with Gasteiger partial charge >= 0.3 is 0 Å². The summed E-state index contributed by atoms with van der Waals surface area (Å²) >= 11 is 1.67. The largest absolute Gasteiger partial charge is 0.311 e. The number of rotatable bonds is 5. The number of pyridine rings is 1. The first-order chi connectivity index (χ1) is 7.90. The van der Waals surface area contributed by atoms with Gasteiger partial charge in [0.15, 0.2) is 0 Å². The average molecular weight is 233 g/mol. The Morgan fingerprint density at radius 2 is 2.38 bits per heavy atom. The van der Waals surface area contributed by atoms with E-state index in [4.69, 9.17) is 0 Å². The standard InChI is InChI=1S/C12H15N3S/c1-2-5-13-8-11-9-16-12(15-11)10-4-3-6-14-7-10/h3-4,6-7,9,13H,2,5,8H2,1H3. The second-order valence-electron chi connectivity index (χ2n) is 3.56. The highest BCUT2D eigenvalue weighted by molar-refractivity contribution is 7.13. The summed E-state index contributed by atoms with van der Waals surface area (Å²) in [6.07, 6.45) is 4.78. The van der Waals surface area contributed by atoms with Crippen LogP contribution in [0.1, 0.15) is 19.0 Å². The minimum absolute atomic E-state index is 0.852. The van der Waals surface area contributed by atoms with Crippen molar-refractivity contribution in [1.29, 1.82) is 0 Å². The van der Waals surface area contributed by atoms with E-state index in [2.05, 4.69) is 27.6 Å². The van der Waals surface area contributed by atoms with Crippen LogP contribution in [0.2, 0.25) is 0 Å². The van der Waals surface area contributed by atoms with Gasteiger partial charge < -0.3 is 5.32 Å². The minimum Gasteiger partial charge on any atom is -0.311 e. The molecule has 2 aromatic rings. The zero-order valence-electron chi connectivity index (χ0n) is 9.31. The van der Waals surface area contributed by atoms with E-state index in [1.807, 2.05) is 18.3 Å². The lowest BCUT2D eigenvalue weighted by Gasteiger charge is -1.98. The van der Waals surface area contributed by atoms with Crippen molar-refractivity contribution in [2.45, 2.75) is 19.9 Å². The summed E-state index contributed by atoms with van der Waals surface area (Å²) in [6.45, 7) is 4.06. The van der Waals surface area contributed by atoms with Gasteiger partial charge in [-0.1, -0.05) is 6.92 Å². The highest BCUT2D eigenvalue weighted by Crippen LogP contribution is 2.22. The molecule has 0 saturated heterocycles. The number of nitrogens with zero attached hydrogens (tertiary/aromatic N) is 2. The molecular formula is C12H15N3S. The fourth-order valence-electron chi connectivity index (χ4n) is 1.40. The van der Waals surface area contributed by atoms with Crippen molar-refractivity contribution in [3.63, 3.8) is 0 Å². The molecule has 0 bridgehead atoms. The highest BCUT2D eigenvalue weighted by Gasteiger charge is 2.03. The van der Waals surface area contributed by atoms with E-state index < -0.39 is 0 Å². The van der Waals surface area contributed by atoms with Crippen LogP contribution in [0.4, 0.5) is 0 Å². The van der Waals surface area contributed by atoms with Crippen LogP contribution in [-0.4, -0.2) is 16.5 Å². The first-order valence-electron chi connectivity index (χ1n) is 5.45. The Labute approximate surface area is 99.6 Å². The molecule has 0 amide bonds. The van der Waals surface area contributed by atoms with E-state index in [0.717, 1.165) is 35.8 Å². The van der Waals surface area contributed by atoms with Crippen LogP contribution in [0.15, 0.2) is 29.9 Å². The van der Waals surface area contributed by atoms with Gasteiger partial charge in [0.1, 0.15) is 5.01 Å². The summed E-state index contributed by atoms with van der Waals surface area (Å²) < 4.78 is 0. The number of thiazole rings is 1. The molecule has 0 aliphatic heterocycles. The topological polar surface area (TPSA) is 37.8 Å². The van der Waals surface area contributed by atoms with Crippen molar-refractivity contribution in [1.82, 2.24) is 15.3 Å². The number of hydrogen-bond acceptors (Lipinski definition) is 4. The van der Waals surface area contributed by atoms with Crippen LogP contribution in [0.5, 0.6) is 0 Å². The van der Waals surface area contributed by atoms with Gasteiger partial charge in [-0.3, -0.25) is 4.98 Å². The van der Waals surface area contributed by atoms with Crippen LogP contribution >= 0.6 is 11.3 Å². The van der Waals surface area contributed by atoms with E-state index in [9.17, 15) is 0 Å². The first kappa shape index (κ1) is 11.2. The number of hydrogen-bond donors (Lipinski definition) is 1. The van der Waals surface area contributed by atoms with E-state index >= 15 is 0 Å². The summed E-state index contributed by atoms with van der Waals surface area (Å²) in [5.74, 6) is 0. The Kier molecular flexibility index (Phi) is 4.02. The summed E-state index contributed by atoms with van der Waals surface area (Å²) in [7, 11) is 0. The molecule has 0 atom stereocenters. The maximum atomic E-state index is 4.57. The molecule has 0 aliphatic carbocycles. The summed E-state index contributed by atoms with van der Waals surface area (Å²) in [4.78, 5) is 8.67. The molecule has 0 saturated carbocycles. The van der Waals surface area contributed by atoms with Crippen LogP contribution in [0.25, 0.3) is 10.6 Å². The monoisotopic (exact) mass is 233 g/mol. The summed E-state index contributed by atoms with van der Waals surface area (Å²) in [6, 6.07) is 3.97. The second kappa shape index (κ2) is 5.72. The Balaban J connectivity index is 2.02. The third-order valence-corrected chi connectivity index (χ3v) is 3.13. The third-order valence-electron chi connectivity index (χ3n) is 2.19. The molecule has 0 radical (unpaired) electrons. The fraction of sp³-hybridized carbons (Fsp3) is 0.333. The van der Waals surface area contributed by atoms with Crippen molar-refractivity contribution in [3.05, 3.63) is 35.6 Å². The quantitative estimate of drug-likeness (QED) is 0.807. The lowest BCUT2D eigenvalue weighted by Crippen LogP contribution is -2.13. The lowest BCUT2D eigenvalue weighted by molar-refractivity contribution is 0.667. The maximum absolute atomic E-state index is 4.57. The average Bonchev–Trinajstić information content (AvgIpc) is 2.79. The van der Waals surface area contributed by atoms with Crippen LogP contribution in [-0.2, 0) is 6.54 Å². The van der Waals surface area contributed by atoms with Gasteiger partial charge in [0.2, 0.25) is 0 Å². The number of aromatic nitrogens is 2. The smallest absolute Gasteiger partial charge is 0.125 e. The molecule has 0 aromatic carbocycles. The molecule has 1 N–H and O–H groups in total. The van der Waals surface area contributed by atoms with Crippen molar-refractivity contribution in [2.75, 3.05) is 6.54 Å². The van der Waals surface area contributed by atoms with Gasteiger partial charge in [-0.25, -0.2) is 4.98 Å². The zero-order chi connectivity index (χ0) is 11.2. The molecule has 3 nitrogen and oxygen atoms in total. The number of nitrogens with one attached hydrogen (secondary N) is 1. The van der Waals surface area contributed by atoms with Crippen LogP contribution < -0.4 is 5.32 Å². The molecule has 4 heteroatoms. The normalized spacial score (nSPS) is 10.6. The molecule has 84 valence electrons. The molecule has 0 fully saturated rings. The molecule has 0 unspecified atom stereocenters.